The molecule has 6 nitrogen and oxygen atoms in total. The zero-order valence-electron chi connectivity index (χ0n) is 11.3. The van der Waals surface area contributed by atoms with Crippen molar-refractivity contribution in [2.75, 3.05) is 13.1 Å². The molecule has 0 aliphatic heterocycles. The molecule has 7 heteroatoms. The molecule has 0 heterocycles. The summed E-state index contributed by atoms with van der Waals surface area (Å²) in [5.74, 6) is 0. The van der Waals surface area contributed by atoms with Crippen molar-refractivity contribution in [3.63, 3.8) is 0 Å². The first kappa shape index (κ1) is 19.5. The Morgan fingerprint density at radius 2 is 0.944 bits per heavy atom. The van der Waals surface area contributed by atoms with Crippen LogP contribution in [-0.4, -0.2) is 31.8 Å². The summed E-state index contributed by atoms with van der Waals surface area (Å²) in [7, 11) is 0. The van der Waals surface area contributed by atoms with Crippen molar-refractivity contribution in [3.05, 3.63) is 0 Å². The summed E-state index contributed by atoms with van der Waals surface area (Å²) in [4.78, 5) is 44.7. The van der Waals surface area contributed by atoms with Gasteiger partial charge < -0.3 is 11.5 Å². The van der Waals surface area contributed by atoms with E-state index in [0.29, 0.717) is 0 Å². The summed E-state index contributed by atoms with van der Waals surface area (Å²) in [5, 5.41) is 0. The predicted molar refractivity (Wildman–Crippen MR) is 65.4 cm³/mol. The Balaban J connectivity index is 0. The van der Waals surface area contributed by atoms with Crippen LogP contribution in [0.5, 0.6) is 0 Å². The average molecular weight is 302 g/mol. The van der Waals surface area contributed by atoms with E-state index in [-0.39, 0.29) is 0 Å². The first-order valence-electron chi connectivity index (χ1n) is 5.34. The zero-order chi connectivity index (χ0) is 14.9. The summed E-state index contributed by atoms with van der Waals surface area (Å²) in [6.45, 7) is 5.95. The maximum atomic E-state index is 11.2. The van der Waals surface area contributed by atoms with Crippen molar-refractivity contribution in [2.45, 2.75) is 34.1 Å². The topological polar surface area (TPSA) is 120 Å². The molecule has 0 unspecified atom stereocenters. The van der Waals surface area contributed by atoms with Crippen molar-refractivity contribution in [3.8, 4) is 0 Å². The van der Waals surface area contributed by atoms with Crippen molar-refractivity contribution in [2.24, 2.45) is 11.5 Å². The van der Waals surface area contributed by atoms with Gasteiger partial charge in [-0.25, -0.2) is 0 Å². The van der Waals surface area contributed by atoms with E-state index >= 15 is 0 Å². The fraction of sp³-hybridized carbons (Fsp3) is 0.636. The number of nitrogens with two attached hydrogens (primary N) is 2. The molecular formula is C11H22FeN2O4. The summed E-state index contributed by atoms with van der Waals surface area (Å²) < 4.78 is -2.33. The quantitative estimate of drug-likeness (QED) is 0.645. The van der Waals surface area contributed by atoms with Crippen LogP contribution in [0.25, 0.3) is 0 Å². The fourth-order valence-electron chi connectivity index (χ4n) is 1.17. The Labute approximate surface area is 110 Å². The van der Waals surface area contributed by atoms with Crippen LogP contribution in [0.2, 0.25) is 0 Å². The summed E-state index contributed by atoms with van der Waals surface area (Å²) >= 11 is -3.50. The van der Waals surface area contributed by atoms with Gasteiger partial charge in [-0.15, -0.1) is 0 Å². The van der Waals surface area contributed by atoms with Crippen LogP contribution < -0.4 is 11.5 Å². The maximum Gasteiger partial charge on any atom is -0.00653 e. The summed E-state index contributed by atoms with van der Waals surface area (Å²) in [6.07, 6.45) is 0.944. The van der Waals surface area contributed by atoms with Crippen LogP contribution >= 0.6 is 0 Å². The molecule has 0 spiro atoms. The second-order valence-electron chi connectivity index (χ2n) is 3.27. The average Bonchev–Trinajstić information content (AvgIpc) is 2.17. The predicted octanol–water partition coefficient (Wildman–Crippen LogP) is -0.380. The van der Waals surface area contributed by atoms with Crippen molar-refractivity contribution in [1.82, 2.24) is 0 Å². The van der Waals surface area contributed by atoms with E-state index in [1.807, 2.05) is 0 Å². The van der Waals surface area contributed by atoms with Gasteiger partial charge >= 0.3 is 78.4 Å². The Kier molecular flexibility index (Phi) is 9.84. The van der Waals surface area contributed by atoms with E-state index in [0.717, 1.165) is 47.2 Å². The molecule has 0 rings (SSSR count). The van der Waals surface area contributed by atoms with Crippen molar-refractivity contribution < 1.29 is 32.0 Å². The van der Waals surface area contributed by atoms with Crippen LogP contribution in [0.1, 0.15) is 34.1 Å². The van der Waals surface area contributed by atoms with Crippen LogP contribution in [0, 0.1) is 0 Å². The first-order chi connectivity index (χ1) is 8.19. The molecule has 0 atom stereocenters. The van der Waals surface area contributed by atoms with Gasteiger partial charge in [0.1, 0.15) is 0 Å². The number of rotatable bonds is 6. The van der Waals surface area contributed by atoms with Crippen LogP contribution in [0.4, 0.5) is 0 Å². The number of hydrogen-bond acceptors (Lipinski definition) is 6. The van der Waals surface area contributed by atoms with E-state index in [4.69, 9.17) is 11.5 Å². The van der Waals surface area contributed by atoms with Gasteiger partial charge in [-0.3, -0.25) is 0 Å². The molecule has 0 saturated heterocycles. The van der Waals surface area contributed by atoms with Gasteiger partial charge in [0.2, 0.25) is 0 Å². The zero-order valence-corrected chi connectivity index (χ0v) is 12.4. The largest absolute Gasteiger partial charge is 0.330 e. The third kappa shape index (κ3) is 4.78. The van der Waals surface area contributed by atoms with Crippen molar-refractivity contribution in [1.29, 1.82) is 0 Å². The van der Waals surface area contributed by atoms with Gasteiger partial charge in [-0.1, -0.05) is 0 Å². The molecule has 0 aromatic rings. The molecule has 18 heavy (non-hydrogen) atoms. The molecule has 4 N–H and O–H groups in total. The molecule has 0 radical (unpaired) electrons. The maximum absolute atomic E-state index is 11.2. The van der Waals surface area contributed by atoms with Crippen LogP contribution in [0.15, 0.2) is 0 Å². The minimum absolute atomic E-state index is 0.583. The Hall–Kier alpha value is -0.881. The Bertz CT molecular complexity index is 278. The molecular weight excluding hydrogens is 280 g/mol. The molecule has 0 bridgehead atoms. The normalized spacial score (nSPS) is 11.0. The molecule has 0 saturated carbocycles. The Morgan fingerprint density at radius 1 is 0.722 bits per heavy atom. The molecule has 0 aromatic carbocycles. The number of carbonyl (C=O) groups excluding carboxylic acids is 4. The third-order valence-electron chi connectivity index (χ3n) is 1.90. The number of hydrogen-bond donors (Lipinski definition) is 2. The molecule has 0 aliphatic carbocycles. The van der Waals surface area contributed by atoms with E-state index in [9.17, 15) is 19.2 Å². The molecule has 108 valence electrons. The molecule has 0 aromatic heterocycles. The van der Waals surface area contributed by atoms with Gasteiger partial charge in [0.25, 0.3) is 0 Å². The van der Waals surface area contributed by atoms with Gasteiger partial charge in [-0.2, -0.15) is 0 Å². The minimum Gasteiger partial charge on any atom is -0.330 e. The van der Waals surface area contributed by atoms with Gasteiger partial charge in [-0.05, 0) is 19.5 Å². The van der Waals surface area contributed by atoms with Gasteiger partial charge in [0.15, 0.2) is 0 Å². The first-order valence-corrected chi connectivity index (χ1v) is 7.55. The second-order valence-corrected chi connectivity index (χ2v) is 8.04. The number of carbonyl (C=O) groups is 4. The molecule has 0 fully saturated rings. The SMILES string of the molecule is C[C](=O)[Fe]([C](C)=O)([C](C)=O)[C](C)=O.NCCCN. The van der Waals surface area contributed by atoms with Crippen LogP contribution in [-0.2, 0) is 32.0 Å². The second kappa shape index (κ2) is 9.10. The fourth-order valence-corrected chi connectivity index (χ4v) is 4.45. The minimum atomic E-state index is -3.50. The van der Waals surface area contributed by atoms with Crippen LogP contribution in [0.3, 0.4) is 0 Å². The Morgan fingerprint density at radius 3 is 0.944 bits per heavy atom. The standard InChI is InChI=1S/C3H10N2.4C2H3O.Fe/c4-2-1-3-5;4*1-2-3;/h1-5H2;4*1H3;. The van der Waals surface area contributed by atoms with Gasteiger partial charge in [0.05, 0.1) is 0 Å². The smallest absolute Gasteiger partial charge is 0.00653 e. The van der Waals surface area contributed by atoms with Crippen molar-refractivity contribution >= 4 is 18.7 Å². The van der Waals surface area contributed by atoms with E-state index in [1.54, 1.807) is 0 Å². The monoisotopic (exact) mass is 302 g/mol. The van der Waals surface area contributed by atoms with E-state index in [2.05, 4.69) is 0 Å². The van der Waals surface area contributed by atoms with Gasteiger partial charge in [0, 0.05) is 0 Å². The summed E-state index contributed by atoms with van der Waals surface area (Å²) in [5.41, 5.74) is 10.1. The summed E-state index contributed by atoms with van der Waals surface area (Å²) in [6, 6.07) is 0. The van der Waals surface area contributed by atoms with E-state index < -0.39 is 31.6 Å². The molecule has 0 amide bonds. The molecule has 0 aliphatic rings. The third-order valence-corrected chi connectivity index (χ3v) is 6.57. The van der Waals surface area contributed by atoms with E-state index in [1.165, 1.54) is 0 Å².